The fourth-order valence-electron chi connectivity index (χ4n) is 2.30. The summed E-state index contributed by atoms with van der Waals surface area (Å²) in [4.78, 5) is 4.05. The molecule has 0 aromatic rings. The first-order valence-corrected chi connectivity index (χ1v) is 5.57. The molecule has 1 saturated heterocycles. The van der Waals surface area contributed by atoms with E-state index in [1.165, 1.54) is 0 Å². The van der Waals surface area contributed by atoms with Gasteiger partial charge < -0.3 is 20.3 Å². The molecule has 1 saturated carbocycles. The standard InChI is InChI=1S/C10H17FN2O3/c1-2-12-10-13-7-6(16-10)3-5(4-11)8(14)9(7)15/h5-9,14-15H,2-4H2,1H3,(H,12,13). The van der Waals surface area contributed by atoms with Crippen molar-refractivity contribution in [2.75, 3.05) is 13.2 Å². The molecular formula is C10H17FN2O3. The maximum atomic E-state index is 12.6. The number of fused-ring (bicyclic) bond motifs is 1. The van der Waals surface area contributed by atoms with Gasteiger partial charge in [-0.3, -0.25) is 4.39 Å². The van der Waals surface area contributed by atoms with Gasteiger partial charge in [0, 0.05) is 12.5 Å². The number of nitrogens with zero attached hydrogens (tertiary/aromatic N) is 1. The third-order valence-corrected chi connectivity index (χ3v) is 3.19. The van der Waals surface area contributed by atoms with E-state index in [0.717, 1.165) is 0 Å². The highest BCUT2D eigenvalue weighted by Gasteiger charge is 2.48. The number of aliphatic hydroxyl groups excluding tert-OH is 2. The van der Waals surface area contributed by atoms with Gasteiger partial charge >= 0.3 is 0 Å². The molecule has 0 aromatic heterocycles. The number of amidine groups is 1. The van der Waals surface area contributed by atoms with E-state index in [2.05, 4.69) is 10.3 Å². The number of hydrogen-bond donors (Lipinski definition) is 3. The lowest BCUT2D eigenvalue weighted by Gasteiger charge is -2.36. The van der Waals surface area contributed by atoms with Crippen LogP contribution in [0.5, 0.6) is 0 Å². The minimum atomic E-state index is -1.04. The molecule has 0 radical (unpaired) electrons. The predicted molar refractivity (Wildman–Crippen MR) is 55.9 cm³/mol. The third kappa shape index (κ3) is 1.87. The second-order valence-electron chi connectivity index (χ2n) is 4.24. The number of rotatable bonds is 2. The molecule has 1 aliphatic carbocycles. The van der Waals surface area contributed by atoms with E-state index in [1.54, 1.807) is 0 Å². The summed E-state index contributed by atoms with van der Waals surface area (Å²) in [5.74, 6) is -0.556. The van der Waals surface area contributed by atoms with Crippen LogP contribution in [0, 0.1) is 5.92 Å². The van der Waals surface area contributed by atoms with Gasteiger partial charge in [0.25, 0.3) is 6.02 Å². The zero-order valence-corrected chi connectivity index (χ0v) is 9.14. The number of nitrogens with one attached hydrogen (secondary N) is 1. The molecule has 92 valence electrons. The fourth-order valence-corrected chi connectivity index (χ4v) is 2.30. The van der Waals surface area contributed by atoms with Crippen LogP contribution in [0.25, 0.3) is 0 Å². The van der Waals surface area contributed by atoms with Crippen LogP contribution < -0.4 is 5.32 Å². The van der Waals surface area contributed by atoms with E-state index in [0.29, 0.717) is 19.0 Å². The lowest BCUT2D eigenvalue weighted by atomic mass is 9.80. The SMILES string of the molecule is CCN=C1NC2C(CC(CF)C(O)C2O)O1. The van der Waals surface area contributed by atoms with Crippen molar-refractivity contribution in [1.82, 2.24) is 5.32 Å². The van der Waals surface area contributed by atoms with Gasteiger partial charge in [-0.25, -0.2) is 4.99 Å². The molecule has 0 bridgehead atoms. The second-order valence-corrected chi connectivity index (χ2v) is 4.24. The van der Waals surface area contributed by atoms with Crippen molar-refractivity contribution in [3.05, 3.63) is 0 Å². The quantitative estimate of drug-likeness (QED) is 0.596. The van der Waals surface area contributed by atoms with Crippen molar-refractivity contribution < 1.29 is 19.3 Å². The minimum absolute atomic E-state index is 0.301. The van der Waals surface area contributed by atoms with Crippen LogP contribution in [-0.2, 0) is 4.74 Å². The van der Waals surface area contributed by atoms with E-state index >= 15 is 0 Å². The highest BCUT2D eigenvalue weighted by Crippen LogP contribution is 2.31. The largest absolute Gasteiger partial charge is 0.460 e. The van der Waals surface area contributed by atoms with Crippen LogP contribution in [0.1, 0.15) is 13.3 Å². The normalized spacial score (nSPS) is 45.0. The summed E-state index contributed by atoms with van der Waals surface area (Å²) in [7, 11) is 0. The van der Waals surface area contributed by atoms with Crippen molar-refractivity contribution in [2.45, 2.75) is 37.7 Å². The molecule has 2 rings (SSSR count). The minimum Gasteiger partial charge on any atom is -0.460 e. The number of hydrogen-bond acceptors (Lipinski definition) is 4. The van der Waals surface area contributed by atoms with E-state index < -0.39 is 24.8 Å². The van der Waals surface area contributed by atoms with Gasteiger partial charge in [-0.15, -0.1) is 0 Å². The van der Waals surface area contributed by atoms with Gasteiger partial charge in [0.2, 0.25) is 0 Å². The maximum Gasteiger partial charge on any atom is 0.285 e. The van der Waals surface area contributed by atoms with Crippen LogP contribution in [0.2, 0.25) is 0 Å². The van der Waals surface area contributed by atoms with Crippen LogP contribution in [0.4, 0.5) is 4.39 Å². The maximum absolute atomic E-state index is 12.6. The lowest BCUT2D eigenvalue weighted by Crippen LogP contribution is -2.56. The molecule has 5 atom stereocenters. The highest BCUT2D eigenvalue weighted by molar-refractivity contribution is 5.76. The Bertz CT molecular complexity index is 287. The second kappa shape index (κ2) is 4.55. The van der Waals surface area contributed by atoms with Gasteiger partial charge in [-0.1, -0.05) is 0 Å². The van der Waals surface area contributed by atoms with Crippen molar-refractivity contribution >= 4 is 6.02 Å². The molecule has 0 aromatic carbocycles. The molecule has 2 fully saturated rings. The Labute approximate surface area is 93.3 Å². The zero-order valence-electron chi connectivity index (χ0n) is 9.14. The average molecular weight is 232 g/mol. The molecule has 3 N–H and O–H groups in total. The van der Waals surface area contributed by atoms with Crippen molar-refractivity contribution in [1.29, 1.82) is 0 Å². The zero-order chi connectivity index (χ0) is 11.7. The number of halogens is 1. The molecule has 0 amide bonds. The Morgan fingerprint density at radius 2 is 2.25 bits per heavy atom. The average Bonchev–Trinajstić information content (AvgIpc) is 2.67. The predicted octanol–water partition coefficient (Wildman–Crippen LogP) is -0.570. The number of alkyl halides is 1. The topological polar surface area (TPSA) is 74.1 Å². The summed E-state index contributed by atoms with van der Waals surface area (Å²) in [6, 6.07) is -0.00800. The molecule has 16 heavy (non-hydrogen) atoms. The first kappa shape index (κ1) is 11.6. The van der Waals surface area contributed by atoms with Crippen LogP contribution >= 0.6 is 0 Å². The Balaban J connectivity index is 2.10. The summed E-state index contributed by atoms with van der Waals surface area (Å²) >= 11 is 0. The van der Waals surface area contributed by atoms with Crippen LogP contribution in [-0.4, -0.2) is 53.8 Å². The number of aliphatic imine (C=N–C) groups is 1. The van der Waals surface area contributed by atoms with E-state index in [-0.39, 0.29) is 12.1 Å². The lowest BCUT2D eigenvalue weighted by molar-refractivity contribution is -0.0882. The van der Waals surface area contributed by atoms with E-state index in [1.807, 2.05) is 6.92 Å². The first-order valence-electron chi connectivity index (χ1n) is 5.57. The third-order valence-electron chi connectivity index (χ3n) is 3.19. The fraction of sp³-hybridized carbons (Fsp3) is 0.900. The van der Waals surface area contributed by atoms with Crippen molar-refractivity contribution in [3.63, 3.8) is 0 Å². The Kier molecular flexibility index (Phi) is 3.30. The monoisotopic (exact) mass is 232 g/mol. The number of ether oxygens (including phenoxy) is 1. The molecular weight excluding hydrogens is 215 g/mol. The Hall–Kier alpha value is -0.880. The van der Waals surface area contributed by atoms with Gasteiger partial charge in [0.15, 0.2) is 0 Å². The molecule has 5 unspecified atom stereocenters. The van der Waals surface area contributed by atoms with Gasteiger partial charge in [-0.2, -0.15) is 0 Å². The van der Waals surface area contributed by atoms with Gasteiger partial charge in [-0.05, 0) is 13.3 Å². The molecule has 1 aliphatic heterocycles. The molecule has 1 heterocycles. The molecule has 0 spiro atoms. The van der Waals surface area contributed by atoms with Crippen LogP contribution in [0.3, 0.4) is 0 Å². The highest BCUT2D eigenvalue weighted by atomic mass is 19.1. The smallest absolute Gasteiger partial charge is 0.285 e. The summed E-state index contributed by atoms with van der Waals surface area (Å²) in [5, 5.41) is 22.4. The summed E-state index contributed by atoms with van der Waals surface area (Å²) in [6.45, 7) is 1.80. The summed E-state index contributed by atoms with van der Waals surface area (Å²) in [6.07, 6.45) is -1.95. The van der Waals surface area contributed by atoms with Gasteiger partial charge in [0.1, 0.15) is 12.2 Å². The molecule has 2 aliphatic rings. The first-order chi connectivity index (χ1) is 7.67. The molecule has 5 nitrogen and oxygen atoms in total. The van der Waals surface area contributed by atoms with E-state index in [4.69, 9.17) is 4.74 Å². The molecule has 6 heteroatoms. The van der Waals surface area contributed by atoms with Crippen molar-refractivity contribution in [2.24, 2.45) is 10.9 Å². The number of aliphatic hydroxyl groups is 2. The van der Waals surface area contributed by atoms with Gasteiger partial charge in [0.05, 0.1) is 18.8 Å². The van der Waals surface area contributed by atoms with Crippen LogP contribution in [0.15, 0.2) is 4.99 Å². The summed E-state index contributed by atoms with van der Waals surface area (Å²) in [5.41, 5.74) is 0. The van der Waals surface area contributed by atoms with Crippen molar-refractivity contribution in [3.8, 4) is 0 Å². The summed E-state index contributed by atoms with van der Waals surface area (Å²) < 4.78 is 18.1. The Morgan fingerprint density at radius 3 is 2.88 bits per heavy atom. The van der Waals surface area contributed by atoms with E-state index in [9.17, 15) is 14.6 Å². The Morgan fingerprint density at radius 1 is 1.50 bits per heavy atom.